The van der Waals surface area contributed by atoms with Crippen molar-refractivity contribution in [2.75, 3.05) is 0 Å². The van der Waals surface area contributed by atoms with Gasteiger partial charge < -0.3 is 5.11 Å². The van der Waals surface area contributed by atoms with Crippen LogP contribution in [0, 0.1) is 5.92 Å². The van der Waals surface area contributed by atoms with Crippen LogP contribution < -0.4 is 0 Å². The monoisotopic (exact) mass is 222 g/mol. The Labute approximate surface area is 95.1 Å². The molecule has 2 rings (SSSR count). The number of nitrogens with zero attached hydrogens (tertiary/aromatic N) is 1. The lowest BCUT2D eigenvalue weighted by molar-refractivity contribution is -0.142. The number of fused-ring (bicyclic) bond motifs is 1. The molecular formula is C12H18N2O2. The Morgan fingerprint density at radius 3 is 2.75 bits per heavy atom. The third-order valence-electron chi connectivity index (χ3n) is 3.21. The first-order valence-electron chi connectivity index (χ1n) is 5.69. The van der Waals surface area contributed by atoms with Gasteiger partial charge in [-0.25, -0.2) is 0 Å². The minimum absolute atomic E-state index is 0.0279. The summed E-state index contributed by atoms with van der Waals surface area (Å²) in [6, 6.07) is 0. The smallest absolute Gasteiger partial charge is 0.306 e. The summed E-state index contributed by atoms with van der Waals surface area (Å²) in [5.41, 5.74) is 3.38. The number of aliphatic carboxylic acids is 1. The molecule has 0 unspecified atom stereocenters. The molecule has 0 aliphatic heterocycles. The zero-order valence-electron chi connectivity index (χ0n) is 10.0. The van der Waals surface area contributed by atoms with Crippen LogP contribution in [0.1, 0.15) is 44.1 Å². The molecule has 1 aromatic rings. The first-order chi connectivity index (χ1) is 7.39. The summed E-state index contributed by atoms with van der Waals surface area (Å²) in [4.78, 5) is 10.9. The van der Waals surface area contributed by atoms with Gasteiger partial charge in [-0.15, -0.1) is 0 Å². The van der Waals surface area contributed by atoms with Crippen LogP contribution in [0.15, 0.2) is 0 Å². The summed E-state index contributed by atoms with van der Waals surface area (Å²) in [5.74, 6) is -0.946. The van der Waals surface area contributed by atoms with Gasteiger partial charge in [0.05, 0.1) is 11.6 Å². The van der Waals surface area contributed by atoms with Gasteiger partial charge >= 0.3 is 5.97 Å². The fourth-order valence-electron chi connectivity index (χ4n) is 2.34. The van der Waals surface area contributed by atoms with Gasteiger partial charge in [0, 0.05) is 17.5 Å². The molecule has 2 N–H and O–H groups in total. The number of aromatic nitrogens is 2. The molecule has 1 aromatic heterocycles. The van der Waals surface area contributed by atoms with Crippen molar-refractivity contribution in [1.82, 2.24) is 10.2 Å². The maximum absolute atomic E-state index is 10.9. The average Bonchev–Trinajstić information content (AvgIpc) is 2.58. The van der Waals surface area contributed by atoms with Crippen molar-refractivity contribution < 1.29 is 9.90 Å². The predicted octanol–water partition coefficient (Wildman–Crippen LogP) is 1.90. The highest BCUT2D eigenvalue weighted by atomic mass is 16.4. The van der Waals surface area contributed by atoms with E-state index in [-0.39, 0.29) is 11.3 Å². The van der Waals surface area contributed by atoms with Crippen molar-refractivity contribution in [1.29, 1.82) is 0 Å². The van der Waals surface area contributed by atoms with Gasteiger partial charge in [0.15, 0.2) is 0 Å². The first-order valence-corrected chi connectivity index (χ1v) is 5.69. The van der Waals surface area contributed by atoms with Crippen LogP contribution in [0.4, 0.5) is 0 Å². The number of rotatable bonds is 1. The lowest BCUT2D eigenvalue weighted by atomic mass is 9.81. The van der Waals surface area contributed by atoms with E-state index < -0.39 is 5.97 Å². The van der Waals surface area contributed by atoms with E-state index in [0.717, 1.165) is 24.2 Å². The predicted molar refractivity (Wildman–Crippen MR) is 60.4 cm³/mol. The highest BCUT2D eigenvalue weighted by Gasteiger charge is 2.31. The summed E-state index contributed by atoms with van der Waals surface area (Å²) < 4.78 is 0. The quantitative estimate of drug-likeness (QED) is 0.762. The molecule has 1 heterocycles. The molecule has 0 saturated heterocycles. The zero-order valence-corrected chi connectivity index (χ0v) is 10.0. The molecule has 0 bridgehead atoms. The van der Waals surface area contributed by atoms with Crippen molar-refractivity contribution in [2.45, 2.75) is 45.4 Å². The maximum Gasteiger partial charge on any atom is 0.306 e. The number of nitrogens with one attached hydrogen (secondary N) is 1. The molecule has 0 saturated carbocycles. The van der Waals surface area contributed by atoms with Crippen molar-refractivity contribution >= 4 is 5.97 Å². The molecule has 0 fully saturated rings. The summed E-state index contributed by atoms with van der Waals surface area (Å²) in [7, 11) is 0. The highest BCUT2D eigenvalue weighted by molar-refractivity contribution is 5.70. The fourth-order valence-corrected chi connectivity index (χ4v) is 2.34. The van der Waals surface area contributed by atoms with E-state index in [1.54, 1.807) is 0 Å². The zero-order chi connectivity index (χ0) is 11.9. The molecule has 1 aliphatic rings. The minimum Gasteiger partial charge on any atom is -0.481 e. The van der Waals surface area contributed by atoms with Gasteiger partial charge in [0.25, 0.3) is 0 Å². The molecular weight excluding hydrogens is 204 g/mol. The minimum atomic E-state index is -0.697. The van der Waals surface area contributed by atoms with Crippen LogP contribution in [0.5, 0.6) is 0 Å². The van der Waals surface area contributed by atoms with E-state index in [2.05, 4.69) is 31.0 Å². The molecule has 0 aromatic carbocycles. The van der Waals surface area contributed by atoms with Crippen LogP contribution in [-0.2, 0) is 23.1 Å². The summed E-state index contributed by atoms with van der Waals surface area (Å²) in [6.07, 6.45) is 2.15. The van der Waals surface area contributed by atoms with E-state index in [1.165, 1.54) is 5.56 Å². The Bertz CT molecular complexity index is 415. The topological polar surface area (TPSA) is 66.0 Å². The standard InChI is InChI=1S/C12H18N2O2/c1-12(2,3)10-8-5-4-7(11(15)16)6-9(8)13-14-10/h7H,4-6H2,1-3H3,(H,13,14)(H,15,16)/t7-/m0/s1. The number of carboxylic acids is 1. The molecule has 0 radical (unpaired) electrons. The normalized spacial score (nSPS) is 20.6. The van der Waals surface area contributed by atoms with Gasteiger partial charge in [-0.1, -0.05) is 20.8 Å². The third kappa shape index (κ3) is 1.84. The van der Waals surface area contributed by atoms with Crippen LogP contribution in [0.2, 0.25) is 0 Å². The number of aromatic amines is 1. The molecule has 1 aliphatic carbocycles. The Balaban J connectivity index is 2.31. The second-order valence-corrected chi connectivity index (χ2v) is 5.56. The van der Waals surface area contributed by atoms with E-state index in [4.69, 9.17) is 5.11 Å². The van der Waals surface area contributed by atoms with Crippen molar-refractivity contribution in [2.24, 2.45) is 5.92 Å². The SMILES string of the molecule is CC(C)(C)c1n[nH]c2c1CC[C@H](C(=O)O)C2. The molecule has 16 heavy (non-hydrogen) atoms. The van der Waals surface area contributed by atoms with Crippen molar-refractivity contribution in [3.63, 3.8) is 0 Å². The van der Waals surface area contributed by atoms with Crippen LogP contribution in [-0.4, -0.2) is 21.3 Å². The van der Waals surface area contributed by atoms with Gasteiger partial charge in [-0.2, -0.15) is 5.10 Å². The molecule has 4 heteroatoms. The lowest BCUT2D eigenvalue weighted by Crippen LogP contribution is -2.23. The fraction of sp³-hybridized carbons (Fsp3) is 0.667. The van der Waals surface area contributed by atoms with E-state index >= 15 is 0 Å². The molecule has 0 amide bonds. The lowest BCUT2D eigenvalue weighted by Gasteiger charge is -2.22. The summed E-state index contributed by atoms with van der Waals surface area (Å²) in [5, 5.41) is 16.3. The molecule has 1 atom stereocenters. The van der Waals surface area contributed by atoms with E-state index in [1.807, 2.05) is 0 Å². The Kier molecular flexibility index (Phi) is 2.52. The average molecular weight is 222 g/mol. The number of H-pyrrole nitrogens is 1. The maximum atomic E-state index is 10.9. The second-order valence-electron chi connectivity index (χ2n) is 5.56. The Morgan fingerprint density at radius 2 is 2.19 bits per heavy atom. The molecule has 88 valence electrons. The second kappa shape index (κ2) is 3.61. The number of carboxylic acid groups (broad SMARTS) is 1. The van der Waals surface area contributed by atoms with Crippen molar-refractivity contribution in [3.8, 4) is 0 Å². The van der Waals surface area contributed by atoms with Gasteiger partial charge in [0.2, 0.25) is 0 Å². The van der Waals surface area contributed by atoms with Crippen LogP contribution in [0.3, 0.4) is 0 Å². The van der Waals surface area contributed by atoms with E-state index in [0.29, 0.717) is 6.42 Å². The van der Waals surface area contributed by atoms with Gasteiger partial charge in [0.1, 0.15) is 0 Å². The number of hydrogen-bond donors (Lipinski definition) is 2. The molecule has 4 nitrogen and oxygen atoms in total. The van der Waals surface area contributed by atoms with Gasteiger partial charge in [-0.3, -0.25) is 9.89 Å². The van der Waals surface area contributed by atoms with E-state index in [9.17, 15) is 4.79 Å². The largest absolute Gasteiger partial charge is 0.481 e. The Morgan fingerprint density at radius 1 is 1.50 bits per heavy atom. The first kappa shape index (κ1) is 11.2. The van der Waals surface area contributed by atoms with Crippen LogP contribution >= 0.6 is 0 Å². The molecule has 0 spiro atoms. The third-order valence-corrected chi connectivity index (χ3v) is 3.21. The van der Waals surface area contributed by atoms with Crippen LogP contribution in [0.25, 0.3) is 0 Å². The number of carbonyl (C=O) groups is 1. The Hall–Kier alpha value is -1.32. The highest BCUT2D eigenvalue weighted by Crippen LogP contribution is 2.32. The summed E-state index contributed by atoms with van der Waals surface area (Å²) >= 11 is 0. The van der Waals surface area contributed by atoms with Gasteiger partial charge in [-0.05, 0) is 18.4 Å². The summed E-state index contributed by atoms with van der Waals surface area (Å²) in [6.45, 7) is 6.40. The number of hydrogen-bond acceptors (Lipinski definition) is 2. The van der Waals surface area contributed by atoms with Crippen molar-refractivity contribution in [3.05, 3.63) is 17.0 Å².